The van der Waals surface area contributed by atoms with Gasteiger partial charge in [-0.15, -0.1) is 0 Å². The van der Waals surface area contributed by atoms with Crippen LogP contribution in [0.2, 0.25) is 0 Å². The van der Waals surface area contributed by atoms with Crippen LogP contribution in [0.4, 0.5) is 0 Å². The highest BCUT2D eigenvalue weighted by Crippen LogP contribution is 2.26. The van der Waals surface area contributed by atoms with Crippen molar-refractivity contribution in [3.05, 3.63) is 54.1 Å². The fourth-order valence-electron chi connectivity index (χ4n) is 1.70. The minimum atomic E-state index is 0.909. The van der Waals surface area contributed by atoms with Gasteiger partial charge in [-0.25, -0.2) is 0 Å². The molecule has 0 aliphatic rings. The fourth-order valence-corrected chi connectivity index (χ4v) is 1.70. The van der Waals surface area contributed by atoms with Gasteiger partial charge in [0.05, 0.1) is 7.11 Å². The summed E-state index contributed by atoms with van der Waals surface area (Å²) in [6.45, 7) is 2.10. The van der Waals surface area contributed by atoms with Gasteiger partial charge in [0.1, 0.15) is 5.75 Å². The third-order valence-electron chi connectivity index (χ3n) is 2.52. The van der Waals surface area contributed by atoms with Gasteiger partial charge in [-0.2, -0.15) is 0 Å². The van der Waals surface area contributed by atoms with E-state index in [9.17, 15) is 0 Å². The Bertz CT molecular complexity index is 446. The molecule has 1 heteroatoms. The molecular formula is C14H14O. The van der Waals surface area contributed by atoms with Crippen LogP contribution in [0.15, 0.2) is 48.5 Å². The molecule has 0 spiro atoms. The Labute approximate surface area is 90.3 Å². The Balaban J connectivity index is 2.46. The molecule has 2 aromatic carbocycles. The van der Waals surface area contributed by atoms with Crippen LogP contribution in [0.5, 0.6) is 5.75 Å². The van der Waals surface area contributed by atoms with E-state index in [1.165, 1.54) is 16.7 Å². The second kappa shape index (κ2) is 4.18. The molecule has 2 aromatic rings. The van der Waals surface area contributed by atoms with Crippen molar-refractivity contribution < 1.29 is 4.74 Å². The van der Waals surface area contributed by atoms with Crippen LogP contribution in [0, 0.1) is 6.92 Å². The van der Waals surface area contributed by atoms with Gasteiger partial charge >= 0.3 is 0 Å². The monoisotopic (exact) mass is 198 g/mol. The van der Waals surface area contributed by atoms with Crippen LogP contribution in [-0.4, -0.2) is 7.11 Å². The van der Waals surface area contributed by atoms with Crippen LogP contribution >= 0.6 is 0 Å². The van der Waals surface area contributed by atoms with Gasteiger partial charge in [-0.05, 0) is 35.7 Å². The molecule has 0 fully saturated rings. The molecule has 0 saturated carbocycles. The van der Waals surface area contributed by atoms with E-state index in [1.54, 1.807) is 7.11 Å². The summed E-state index contributed by atoms with van der Waals surface area (Å²) >= 11 is 0. The molecule has 0 N–H and O–H groups in total. The molecule has 0 amide bonds. The first-order chi connectivity index (χ1) is 7.31. The Kier molecular flexibility index (Phi) is 2.72. The number of ether oxygens (including phenoxy) is 1. The quantitative estimate of drug-likeness (QED) is 0.715. The maximum Gasteiger partial charge on any atom is 0.119 e. The zero-order valence-corrected chi connectivity index (χ0v) is 9.03. The van der Waals surface area contributed by atoms with E-state index in [-0.39, 0.29) is 0 Å². The van der Waals surface area contributed by atoms with Crippen molar-refractivity contribution in [3.8, 4) is 16.9 Å². The summed E-state index contributed by atoms with van der Waals surface area (Å²) in [4.78, 5) is 0. The number of rotatable bonds is 2. The number of aryl methyl sites for hydroxylation is 1. The van der Waals surface area contributed by atoms with Crippen LogP contribution in [-0.2, 0) is 0 Å². The minimum Gasteiger partial charge on any atom is -0.497 e. The van der Waals surface area contributed by atoms with Crippen LogP contribution in [0.25, 0.3) is 11.1 Å². The predicted octanol–water partition coefficient (Wildman–Crippen LogP) is 3.67. The summed E-state index contributed by atoms with van der Waals surface area (Å²) in [5.41, 5.74) is 3.75. The molecule has 0 aliphatic carbocycles. The molecule has 2 rings (SSSR count). The molecule has 0 aliphatic heterocycles. The summed E-state index contributed by atoms with van der Waals surface area (Å²) in [6.07, 6.45) is 0. The van der Waals surface area contributed by atoms with Crippen LogP contribution in [0.1, 0.15) is 5.56 Å². The fraction of sp³-hybridized carbons (Fsp3) is 0.143. The van der Waals surface area contributed by atoms with Crippen molar-refractivity contribution in [2.45, 2.75) is 6.92 Å². The predicted molar refractivity (Wildman–Crippen MR) is 63.2 cm³/mol. The molecule has 0 saturated heterocycles. The van der Waals surface area contributed by atoms with Crippen molar-refractivity contribution in [1.82, 2.24) is 0 Å². The van der Waals surface area contributed by atoms with Crippen LogP contribution < -0.4 is 4.74 Å². The van der Waals surface area contributed by atoms with E-state index in [0.717, 1.165) is 5.75 Å². The number of methoxy groups -OCH3 is 1. The van der Waals surface area contributed by atoms with Gasteiger partial charge in [0.2, 0.25) is 0 Å². The van der Waals surface area contributed by atoms with E-state index >= 15 is 0 Å². The molecule has 76 valence electrons. The van der Waals surface area contributed by atoms with Crippen molar-refractivity contribution >= 4 is 0 Å². The maximum atomic E-state index is 5.19. The molecular weight excluding hydrogens is 184 g/mol. The van der Waals surface area contributed by atoms with Crippen LogP contribution in [0.3, 0.4) is 0 Å². The van der Waals surface area contributed by atoms with Gasteiger partial charge in [-0.1, -0.05) is 36.4 Å². The Morgan fingerprint density at radius 1 is 0.933 bits per heavy atom. The maximum absolute atomic E-state index is 5.19. The molecule has 0 radical (unpaired) electrons. The lowest BCUT2D eigenvalue weighted by atomic mass is 10.0. The zero-order valence-electron chi connectivity index (χ0n) is 9.03. The number of hydrogen-bond acceptors (Lipinski definition) is 1. The van der Waals surface area contributed by atoms with E-state index in [1.807, 2.05) is 12.1 Å². The zero-order chi connectivity index (χ0) is 10.7. The van der Waals surface area contributed by atoms with E-state index in [0.29, 0.717) is 0 Å². The smallest absolute Gasteiger partial charge is 0.119 e. The SMILES string of the molecule is COc1ccc(-c2ccccc2)c(C)c1. The molecule has 0 bridgehead atoms. The van der Waals surface area contributed by atoms with E-state index in [4.69, 9.17) is 4.74 Å². The second-order valence-electron chi connectivity index (χ2n) is 3.55. The third kappa shape index (κ3) is 2.01. The highest BCUT2D eigenvalue weighted by atomic mass is 16.5. The Morgan fingerprint density at radius 2 is 1.67 bits per heavy atom. The molecule has 0 aromatic heterocycles. The lowest BCUT2D eigenvalue weighted by Crippen LogP contribution is -1.86. The lowest BCUT2D eigenvalue weighted by molar-refractivity contribution is 0.414. The summed E-state index contributed by atoms with van der Waals surface area (Å²) in [6, 6.07) is 16.5. The topological polar surface area (TPSA) is 9.23 Å². The van der Waals surface area contributed by atoms with Gasteiger partial charge in [0.25, 0.3) is 0 Å². The summed E-state index contributed by atoms with van der Waals surface area (Å²) in [5.74, 6) is 0.909. The van der Waals surface area contributed by atoms with E-state index in [2.05, 4.69) is 43.3 Å². The molecule has 0 atom stereocenters. The second-order valence-corrected chi connectivity index (χ2v) is 3.55. The highest BCUT2D eigenvalue weighted by Gasteiger charge is 2.01. The van der Waals surface area contributed by atoms with Gasteiger partial charge in [0.15, 0.2) is 0 Å². The number of hydrogen-bond donors (Lipinski definition) is 0. The van der Waals surface area contributed by atoms with E-state index < -0.39 is 0 Å². The average molecular weight is 198 g/mol. The summed E-state index contributed by atoms with van der Waals surface area (Å²) < 4.78 is 5.19. The Hall–Kier alpha value is -1.76. The largest absolute Gasteiger partial charge is 0.497 e. The van der Waals surface area contributed by atoms with Crippen molar-refractivity contribution in [2.75, 3.05) is 7.11 Å². The first kappa shape index (κ1) is 9.78. The highest BCUT2D eigenvalue weighted by molar-refractivity contribution is 5.67. The van der Waals surface area contributed by atoms with Gasteiger partial charge < -0.3 is 4.74 Å². The van der Waals surface area contributed by atoms with Crippen molar-refractivity contribution in [3.63, 3.8) is 0 Å². The third-order valence-corrected chi connectivity index (χ3v) is 2.52. The average Bonchev–Trinajstić information content (AvgIpc) is 2.30. The molecule has 15 heavy (non-hydrogen) atoms. The first-order valence-corrected chi connectivity index (χ1v) is 5.01. The first-order valence-electron chi connectivity index (χ1n) is 5.01. The van der Waals surface area contributed by atoms with Crippen molar-refractivity contribution in [2.24, 2.45) is 0 Å². The van der Waals surface area contributed by atoms with Gasteiger partial charge in [0, 0.05) is 0 Å². The minimum absolute atomic E-state index is 0.909. The molecule has 1 nitrogen and oxygen atoms in total. The van der Waals surface area contributed by atoms with Crippen molar-refractivity contribution in [1.29, 1.82) is 0 Å². The molecule has 0 unspecified atom stereocenters. The normalized spacial score (nSPS) is 10.0. The standard InChI is InChI=1S/C14H14O/c1-11-10-13(15-2)8-9-14(11)12-6-4-3-5-7-12/h3-10H,1-2H3. The lowest BCUT2D eigenvalue weighted by Gasteiger charge is -2.07. The number of benzene rings is 2. The Morgan fingerprint density at radius 3 is 2.27 bits per heavy atom. The molecule has 0 heterocycles. The summed E-state index contributed by atoms with van der Waals surface area (Å²) in [7, 11) is 1.69. The summed E-state index contributed by atoms with van der Waals surface area (Å²) in [5, 5.41) is 0. The van der Waals surface area contributed by atoms with Gasteiger partial charge in [-0.3, -0.25) is 0 Å².